The van der Waals surface area contributed by atoms with Crippen LogP contribution in [-0.2, 0) is 4.79 Å². The van der Waals surface area contributed by atoms with Crippen LogP contribution >= 0.6 is 0 Å². The fourth-order valence-corrected chi connectivity index (χ4v) is 4.65. The Morgan fingerprint density at radius 3 is 2.67 bits per heavy atom. The highest BCUT2D eigenvalue weighted by Gasteiger charge is 2.39. The monoisotopic (exact) mass is 482 g/mol. The quantitative estimate of drug-likeness (QED) is 0.257. The molecule has 1 N–H and O–H groups in total. The molecule has 0 spiro atoms. The number of carbonyl (C=O) groups excluding carboxylic acids is 2. The summed E-state index contributed by atoms with van der Waals surface area (Å²) < 4.78 is 22.2. The molecule has 0 radical (unpaired) electrons. The second-order valence-corrected chi connectivity index (χ2v) is 8.47. The number of phenols is 1. The Hall–Kier alpha value is -4.85. The van der Waals surface area contributed by atoms with Gasteiger partial charge in [-0.25, -0.2) is 0 Å². The number of rotatable bonds is 3. The van der Waals surface area contributed by atoms with E-state index in [1.54, 1.807) is 36.4 Å². The normalized spacial score (nSPS) is 17.5. The zero-order chi connectivity index (χ0) is 25.0. The van der Waals surface area contributed by atoms with Crippen LogP contribution in [0.3, 0.4) is 0 Å². The molecule has 0 aliphatic carbocycles. The van der Waals surface area contributed by atoms with Crippen molar-refractivity contribution in [2.45, 2.75) is 12.3 Å². The fourth-order valence-electron chi connectivity index (χ4n) is 4.65. The van der Waals surface area contributed by atoms with Crippen molar-refractivity contribution in [3.63, 3.8) is 0 Å². The predicted octanol–water partition coefficient (Wildman–Crippen LogP) is 4.56. The van der Waals surface area contributed by atoms with Crippen molar-refractivity contribution < 1.29 is 33.3 Å². The number of Topliss-reactive ketones (excluding diaryl/α,β-unsaturated/α-hetero) is 1. The van der Waals surface area contributed by atoms with Crippen LogP contribution in [0, 0.1) is 0 Å². The number of para-hydroxylation sites is 1. The maximum atomic E-state index is 13.3. The number of benzene rings is 3. The lowest BCUT2D eigenvalue weighted by Gasteiger charge is -2.25. The lowest BCUT2D eigenvalue weighted by molar-refractivity contribution is -0.135. The Bertz CT molecular complexity index is 1680. The standard InChI is InChI=1S/C28H18O8/c1-33-21-8-6-14(10-19(21)29)11-23-27(32)16-7-9-22-25(28(16)36-23)17(12-24(30)35-22)18-13-34-20-5-3-2-4-15(20)26(18)31/h2-11,13,17,29H,12H2,1H3/b23-11-/t17-/m1/s1. The smallest absolute Gasteiger partial charge is 0.312 e. The van der Waals surface area contributed by atoms with E-state index >= 15 is 0 Å². The third-order valence-corrected chi connectivity index (χ3v) is 6.36. The molecule has 178 valence electrons. The number of fused-ring (bicyclic) bond motifs is 4. The van der Waals surface area contributed by atoms with Gasteiger partial charge >= 0.3 is 5.97 Å². The summed E-state index contributed by atoms with van der Waals surface area (Å²) in [6, 6.07) is 14.6. The van der Waals surface area contributed by atoms with Crippen molar-refractivity contribution in [1.29, 1.82) is 0 Å². The Labute approximate surface area is 204 Å². The first-order valence-corrected chi connectivity index (χ1v) is 11.1. The van der Waals surface area contributed by atoms with Gasteiger partial charge in [0.15, 0.2) is 22.7 Å². The average Bonchev–Trinajstić information content (AvgIpc) is 3.19. The summed E-state index contributed by atoms with van der Waals surface area (Å²) in [7, 11) is 1.44. The molecular weight excluding hydrogens is 464 g/mol. The molecule has 1 atom stereocenters. The third-order valence-electron chi connectivity index (χ3n) is 6.36. The van der Waals surface area contributed by atoms with Gasteiger partial charge in [0.25, 0.3) is 0 Å². The summed E-state index contributed by atoms with van der Waals surface area (Å²) >= 11 is 0. The Kier molecular flexibility index (Phi) is 4.89. The number of hydrogen-bond acceptors (Lipinski definition) is 8. The van der Waals surface area contributed by atoms with E-state index in [1.807, 2.05) is 0 Å². The van der Waals surface area contributed by atoms with E-state index in [-0.39, 0.29) is 51.8 Å². The second-order valence-electron chi connectivity index (χ2n) is 8.47. The zero-order valence-corrected chi connectivity index (χ0v) is 18.9. The maximum absolute atomic E-state index is 13.3. The van der Waals surface area contributed by atoms with Crippen LogP contribution in [0.2, 0.25) is 0 Å². The van der Waals surface area contributed by atoms with Gasteiger partial charge in [-0.3, -0.25) is 14.4 Å². The second kappa shape index (κ2) is 8.13. The molecule has 0 amide bonds. The van der Waals surface area contributed by atoms with Crippen molar-refractivity contribution in [3.05, 3.63) is 99.1 Å². The zero-order valence-electron chi connectivity index (χ0n) is 18.9. The van der Waals surface area contributed by atoms with Gasteiger partial charge in [-0.15, -0.1) is 0 Å². The van der Waals surface area contributed by atoms with E-state index in [0.29, 0.717) is 27.8 Å². The van der Waals surface area contributed by atoms with Crippen molar-refractivity contribution in [2.24, 2.45) is 0 Å². The molecule has 0 saturated heterocycles. The van der Waals surface area contributed by atoms with Crippen LogP contribution in [0.4, 0.5) is 0 Å². The van der Waals surface area contributed by atoms with Crippen LogP contribution in [0.25, 0.3) is 17.0 Å². The van der Waals surface area contributed by atoms with Crippen molar-refractivity contribution in [2.75, 3.05) is 7.11 Å². The highest BCUT2D eigenvalue weighted by molar-refractivity contribution is 6.15. The highest BCUT2D eigenvalue weighted by Crippen LogP contribution is 2.48. The number of ether oxygens (including phenoxy) is 3. The minimum Gasteiger partial charge on any atom is -0.504 e. The molecule has 2 aliphatic heterocycles. The van der Waals surface area contributed by atoms with Crippen LogP contribution < -0.4 is 19.6 Å². The third kappa shape index (κ3) is 3.34. The first-order chi connectivity index (χ1) is 17.4. The Balaban J connectivity index is 1.47. The molecule has 0 saturated carbocycles. The van der Waals surface area contributed by atoms with E-state index in [4.69, 9.17) is 18.6 Å². The van der Waals surface area contributed by atoms with E-state index in [2.05, 4.69) is 0 Å². The topological polar surface area (TPSA) is 112 Å². The van der Waals surface area contributed by atoms with E-state index in [0.717, 1.165) is 0 Å². The molecule has 8 heteroatoms. The van der Waals surface area contributed by atoms with Crippen molar-refractivity contribution in [1.82, 2.24) is 0 Å². The molecule has 36 heavy (non-hydrogen) atoms. The summed E-state index contributed by atoms with van der Waals surface area (Å²) in [5.41, 5.74) is 1.68. The van der Waals surface area contributed by atoms with E-state index in [9.17, 15) is 19.5 Å². The molecule has 3 heterocycles. The summed E-state index contributed by atoms with van der Waals surface area (Å²) in [5.74, 6) is -0.906. The molecule has 8 nitrogen and oxygen atoms in total. The number of allylic oxidation sites excluding steroid dienone is 1. The first kappa shape index (κ1) is 21.7. The van der Waals surface area contributed by atoms with Gasteiger partial charge in [0, 0.05) is 17.0 Å². The summed E-state index contributed by atoms with van der Waals surface area (Å²) in [6.45, 7) is 0. The van der Waals surface area contributed by atoms with Crippen molar-refractivity contribution in [3.8, 4) is 23.0 Å². The maximum Gasteiger partial charge on any atom is 0.312 e. The number of esters is 1. The number of phenolic OH excluding ortho intramolecular Hbond substituents is 1. The minimum absolute atomic E-state index is 0.0316. The first-order valence-electron chi connectivity index (χ1n) is 11.1. The van der Waals surface area contributed by atoms with Gasteiger partial charge in [-0.2, -0.15) is 0 Å². The molecular formula is C28H18O8. The molecule has 4 aromatic rings. The Morgan fingerprint density at radius 1 is 1.03 bits per heavy atom. The van der Waals surface area contributed by atoms with E-state index < -0.39 is 11.9 Å². The van der Waals surface area contributed by atoms with Crippen molar-refractivity contribution >= 4 is 28.8 Å². The number of aromatic hydroxyl groups is 1. The average molecular weight is 482 g/mol. The summed E-state index contributed by atoms with van der Waals surface area (Å²) in [6.07, 6.45) is 2.74. The van der Waals surface area contributed by atoms with Gasteiger partial charge in [0.05, 0.1) is 30.7 Å². The summed E-state index contributed by atoms with van der Waals surface area (Å²) in [5, 5.41) is 10.5. The lowest BCUT2D eigenvalue weighted by Crippen LogP contribution is -2.25. The van der Waals surface area contributed by atoms with Gasteiger partial charge in [-0.05, 0) is 48.0 Å². The molecule has 3 aromatic carbocycles. The number of hydrogen-bond donors (Lipinski definition) is 1. The van der Waals surface area contributed by atoms with E-state index in [1.165, 1.54) is 37.6 Å². The highest BCUT2D eigenvalue weighted by atomic mass is 16.5. The van der Waals surface area contributed by atoms with Gasteiger partial charge < -0.3 is 23.7 Å². The van der Waals surface area contributed by atoms with Gasteiger partial charge in [-0.1, -0.05) is 18.2 Å². The van der Waals surface area contributed by atoms with Crippen LogP contribution in [0.15, 0.2) is 75.8 Å². The molecule has 2 aliphatic rings. The lowest BCUT2D eigenvalue weighted by atomic mass is 9.85. The molecule has 6 rings (SSSR count). The van der Waals surface area contributed by atoms with Gasteiger partial charge in [0.2, 0.25) is 5.78 Å². The Morgan fingerprint density at radius 2 is 1.86 bits per heavy atom. The molecule has 0 unspecified atom stereocenters. The van der Waals surface area contributed by atoms with Crippen LogP contribution in [-0.4, -0.2) is 24.0 Å². The predicted molar refractivity (Wildman–Crippen MR) is 129 cm³/mol. The number of carbonyl (C=O) groups is 2. The SMILES string of the molecule is COc1ccc(/C=C2\Oc3c(ccc4c3[C@@H](c3coc5ccccc5c3=O)CC(=O)O4)C2=O)cc1O. The largest absolute Gasteiger partial charge is 0.504 e. The molecule has 0 bridgehead atoms. The summed E-state index contributed by atoms with van der Waals surface area (Å²) in [4.78, 5) is 38.9. The molecule has 0 fully saturated rings. The number of methoxy groups -OCH3 is 1. The fraction of sp³-hybridized carbons (Fsp3) is 0.107. The van der Waals surface area contributed by atoms with Gasteiger partial charge in [0.1, 0.15) is 17.1 Å². The molecule has 1 aromatic heterocycles. The number of ketones is 1. The van der Waals surface area contributed by atoms with Crippen LogP contribution in [0.5, 0.6) is 23.0 Å². The minimum atomic E-state index is -0.728. The van der Waals surface area contributed by atoms with Crippen LogP contribution in [0.1, 0.15) is 39.4 Å².